The summed E-state index contributed by atoms with van der Waals surface area (Å²) >= 11 is 0. The topological polar surface area (TPSA) is 54.9 Å². The fourth-order valence-corrected chi connectivity index (χ4v) is 1.83. The van der Waals surface area contributed by atoms with Gasteiger partial charge in [0, 0.05) is 11.6 Å². The van der Waals surface area contributed by atoms with Crippen molar-refractivity contribution >= 4 is 22.6 Å². The molecule has 5 heteroatoms. The molecule has 0 bridgehead atoms. The highest BCUT2D eigenvalue weighted by molar-refractivity contribution is 6.03. The lowest BCUT2D eigenvalue weighted by atomic mass is 10.2. The average molecular weight is 267 g/mol. The highest BCUT2D eigenvalue weighted by Gasteiger charge is 2.11. The number of benzene rings is 1. The molecule has 0 aliphatic rings. The van der Waals surface area contributed by atoms with Gasteiger partial charge in [0.05, 0.1) is 5.69 Å². The second-order valence-electron chi connectivity index (χ2n) is 4.18. The van der Waals surface area contributed by atoms with Crippen molar-refractivity contribution in [2.75, 3.05) is 5.32 Å². The van der Waals surface area contributed by atoms with Crippen LogP contribution in [0.25, 0.3) is 11.0 Å². The van der Waals surface area contributed by atoms with Crippen LogP contribution in [0.4, 0.5) is 10.1 Å². The lowest BCUT2D eigenvalue weighted by molar-refractivity contribution is 0.102. The van der Waals surface area contributed by atoms with Crippen molar-refractivity contribution in [3.05, 3.63) is 66.2 Å². The second kappa shape index (κ2) is 5.05. The smallest absolute Gasteiger partial charge is 0.274 e. The molecule has 0 spiro atoms. The molecule has 98 valence electrons. The Bertz CT molecular complexity index is 789. The van der Waals surface area contributed by atoms with E-state index < -0.39 is 11.7 Å². The third-order valence-electron chi connectivity index (χ3n) is 2.82. The summed E-state index contributed by atoms with van der Waals surface area (Å²) in [7, 11) is 0. The van der Waals surface area contributed by atoms with Crippen molar-refractivity contribution in [1.82, 2.24) is 9.97 Å². The normalized spacial score (nSPS) is 10.4. The predicted octanol–water partition coefficient (Wildman–Crippen LogP) is 3.02. The van der Waals surface area contributed by atoms with Gasteiger partial charge in [-0.1, -0.05) is 12.1 Å². The Kier molecular flexibility index (Phi) is 3.09. The van der Waals surface area contributed by atoms with Gasteiger partial charge in [-0.15, -0.1) is 0 Å². The second-order valence-corrected chi connectivity index (χ2v) is 4.18. The Hall–Kier alpha value is -2.82. The summed E-state index contributed by atoms with van der Waals surface area (Å²) in [4.78, 5) is 20.3. The van der Waals surface area contributed by atoms with Crippen molar-refractivity contribution in [2.45, 2.75) is 0 Å². The average Bonchev–Trinajstić information content (AvgIpc) is 2.49. The third kappa shape index (κ3) is 2.33. The van der Waals surface area contributed by atoms with Crippen LogP contribution in [0, 0.1) is 5.82 Å². The minimum Gasteiger partial charge on any atom is -0.318 e. The first kappa shape index (κ1) is 12.2. The Balaban J connectivity index is 1.91. The van der Waals surface area contributed by atoms with Gasteiger partial charge in [0.1, 0.15) is 11.5 Å². The van der Waals surface area contributed by atoms with Crippen LogP contribution >= 0.6 is 0 Å². The lowest BCUT2D eigenvalue weighted by Gasteiger charge is -2.06. The molecule has 0 saturated heterocycles. The zero-order valence-corrected chi connectivity index (χ0v) is 10.4. The number of carbonyl (C=O) groups excluding carboxylic acids is 1. The van der Waals surface area contributed by atoms with Gasteiger partial charge < -0.3 is 5.32 Å². The quantitative estimate of drug-likeness (QED) is 0.776. The number of nitrogens with zero attached hydrogens (tertiary/aromatic N) is 2. The number of rotatable bonds is 2. The van der Waals surface area contributed by atoms with Crippen molar-refractivity contribution < 1.29 is 9.18 Å². The fraction of sp³-hybridized carbons (Fsp3) is 0. The fourth-order valence-electron chi connectivity index (χ4n) is 1.83. The molecule has 2 aromatic heterocycles. The molecule has 0 unspecified atom stereocenters. The van der Waals surface area contributed by atoms with Gasteiger partial charge in [-0.3, -0.25) is 4.79 Å². The maximum atomic E-state index is 13.5. The minimum atomic E-state index is -0.486. The molecule has 1 amide bonds. The predicted molar refractivity (Wildman–Crippen MR) is 73.9 cm³/mol. The first-order valence-corrected chi connectivity index (χ1v) is 6.02. The van der Waals surface area contributed by atoms with E-state index in [1.54, 1.807) is 36.5 Å². The van der Waals surface area contributed by atoms with Gasteiger partial charge in [0.2, 0.25) is 0 Å². The largest absolute Gasteiger partial charge is 0.318 e. The molecule has 0 aliphatic carbocycles. The van der Waals surface area contributed by atoms with Crippen molar-refractivity contribution in [3.8, 4) is 0 Å². The highest BCUT2D eigenvalue weighted by Crippen LogP contribution is 2.14. The maximum Gasteiger partial charge on any atom is 0.274 e. The van der Waals surface area contributed by atoms with E-state index in [4.69, 9.17) is 0 Å². The van der Waals surface area contributed by atoms with Gasteiger partial charge in [-0.25, -0.2) is 14.4 Å². The molecule has 1 N–H and O–H groups in total. The van der Waals surface area contributed by atoms with Crippen LogP contribution in [0.5, 0.6) is 0 Å². The SMILES string of the molecule is O=C(Nc1ccccc1F)c1ccc2cccnc2n1. The highest BCUT2D eigenvalue weighted by atomic mass is 19.1. The number of amides is 1. The summed E-state index contributed by atoms with van der Waals surface area (Å²) in [6, 6.07) is 13.0. The summed E-state index contributed by atoms with van der Waals surface area (Å²) in [5.41, 5.74) is 0.800. The molecule has 3 rings (SSSR count). The molecular formula is C15H10FN3O. The van der Waals surface area contributed by atoms with Crippen molar-refractivity contribution in [1.29, 1.82) is 0 Å². The molecule has 4 nitrogen and oxygen atoms in total. The lowest BCUT2D eigenvalue weighted by Crippen LogP contribution is -2.14. The number of halogens is 1. The van der Waals surface area contributed by atoms with Crippen LogP contribution in [0.15, 0.2) is 54.7 Å². The first-order valence-electron chi connectivity index (χ1n) is 6.02. The van der Waals surface area contributed by atoms with Gasteiger partial charge in [-0.2, -0.15) is 0 Å². The molecular weight excluding hydrogens is 257 g/mol. The van der Waals surface area contributed by atoms with Crippen LogP contribution in [0.2, 0.25) is 0 Å². The van der Waals surface area contributed by atoms with E-state index in [1.165, 1.54) is 12.1 Å². The van der Waals surface area contributed by atoms with E-state index in [2.05, 4.69) is 15.3 Å². The van der Waals surface area contributed by atoms with E-state index in [0.29, 0.717) is 5.65 Å². The Labute approximate surface area is 114 Å². The summed E-state index contributed by atoms with van der Waals surface area (Å²) in [6.07, 6.45) is 1.61. The molecule has 0 aliphatic heterocycles. The number of carbonyl (C=O) groups is 1. The molecule has 0 radical (unpaired) electrons. The molecule has 3 aromatic rings. The van der Waals surface area contributed by atoms with Crippen LogP contribution in [-0.2, 0) is 0 Å². The Morgan fingerprint density at radius 1 is 1.05 bits per heavy atom. The maximum absolute atomic E-state index is 13.5. The van der Waals surface area contributed by atoms with Crippen LogP contribution in [0.1, 0.15) is 10.5 Å². The zero-order chi connectivity index (χ0) is 13.9. The molecule has 20 heavy (non-hydrogen) atoms. The van der Waals surface area contributed by atoms with E-state index in [1.807, 2.05) is 6.07 Å². The van der Waals surface area contributed by atoms with Crippen molar-refractivity contribution in [3.63, 3.8) is 0 Å². The molecule has 0 saturated carbocycles. The summed E-state index contributed by atoms with van der Waals surface area (Å²) in [6.45, 7) is 0. The number of para-hydroxylation sites is 1. The van der Waals surface area contributed by atoms with Crippen LogP contribution in [-0.4, -0.2) is 15.9 Å². The van der Waals surface area contributed by atoms with E-state index in [0.717, 1.165) is 5.39 Å². The van der Waals surface area contributed by atoms with Gasteiger partial charge in [0.15, 0.2) is 5.65 Å². The number of nitrogens with one attached hydrogen (secondary N) is 1. The van der Waals surface area contributed by atoms with E-state index >= 15 is 0 Å². The molecule has 2 heterocycles. The summed E-state index contributed by atoms with van der Waals surface area (Å²) in [5, 5.41) is 3.33. The van der Waals surface area contributed by atoms with Gasteiger partial charge in [-0.05, 0) is 36.4 Å². The summed E-state index contributed by atoms with van der Waals surface area (Å²) < 4.78 is 13.5. The number of anilines is 1. The number of hydrogen-bond donors (Lipinski definition) is 1. The standard InChI is InChI=1S/C15H10FN3O/c16-11-5-1-2-6-12(11)19-15(20)13-8-7-10-4-3-9-17-14(10)18-13/h1-9H,(H,19,20). The molecule has 1 aromatic carbocycles. The monoisotopic (exact) mass is 267 g/mol. The number of pyridine rings is 2. The van der Waals surface area contributed by atoms with Gasteiger partial charge in [0.25, 0.3) is 5.91 Å². The number of fused-ring (bicyclic) bond motifs is 1. The molecule has 0 atom stereocenters. The zero-order valence-electron chi connectivity index (χ0n) is 10.4. The summed E-state index contributed by atoms with van der Waals surface area (Å²) in [5.74, 6) is -0.956. The first-order chi connectivity index (χ1) is 9.74. The Morgan fingerprint density at radius 2 is 1.90 bits per heavy atom. The van der Waals surface area contributed by atoms with E-state index in [9.17, 15) is 9.18 Å². The van der Waals surface area contributed by atoms with Crippen LogP contribution in [0.3, 0.4) is 0 Å². The van der Waals surface area contributed by atoms with Crippen molar-refractivity contribution in [2.24, 2.45) is 0 Å². The van der Waals surface area contributed by atoms with Gasteiger partial charge >= 0.3 is 0 Å². The van der Waals surface area contributed by atoms with Crippen LogP contribution < -0.4 is 5.32 Å². The molecule has 0 fully saturated rings. The van der Waals surface area contributed by atoms with E-state index in [-0.39, 0.29) is 11.4 Å². The minimum absolute atomic E-state index is 0.125. The number of aromatic nitrogens is 2. The number of hydrogen-bond acceptors (Lipinski definition) is 3. The third-order valence-corrected chi connectivity index (χ3v) is 2.82. The Morgan fingerprint density at radius 3 is 2.75 bits per heavy atom.